The van der Waals surface area contributed by atoms with Crippen molar-refractivity contribution in [3.63, 3.8) is 0 Å². The Morgan fingerprint density at radius 1 is 1.00 bits per heavy atom. The van der Waals surface area contributed by atoms with Crippen molar-refractivity contribution in [2.24, 2.45) is 5.41 Å². The monoisotopic (exact) mass is 394 g/mol. The fraction of sp³-hybridized carbons (Fsp3) is 0.579. The van der Waals surface area contributed by atoms with E-state index in [4.69, 9.17) is 0 Å². The summed E-state index contributed by atoms with van der Waals surface area (Å²) < 4.78 is 26.9. The van der Waals surface area contributed by atoms with Gasteiger partial charge in [-0.2, -0.15) is 4.31 Å². The SMILES string of the molecule is CC1(C(=O)O)CCCN(C(=O)c2ccc(S(=O)(=O)N3CCCCC3)cc2)C1. The lowest BCUT2D eigenvalue weighted by Gasteiger charge is -2.37. The van der Waals surface area contributed by atoms with E-state index in [-0.39, 0.29) is 17.3 Å². The molecule has 3 rings (SSSR count). The number of amides is 1. The third-order valence-electron chi connectivity index (χ3n) is 5.55. The van der Waals surface area contributed by atoms with Gasteiger partial charge in [0.1, 0.15) is 0 Å². The Labute approximate surface area is 160 Å². The number of benzene rings is 1. The number of carbonyl (C=O) groups excluding carboxylic acids is 1. The molecule has 0 bridgehead atoms. The summed E-state index contributed by atoms with van der Waals surface area (Å²) in [6.07, 6.45) is 3.96. The van der Waals surface area contributed by atoms with E-state index in [2.05, 4.69) is 0 Å². The molecule has 7 nitrogen and oxygen atoms in total. The lowest BCUT2D eigenvalue weighted by Crippen LogP contribution is -2.48. The molecule has 1 amide bonds. The summed E-state index contributed by atoms with van der Waals surface area (Å²) in [7, 11) is -3.53. The molecule has 0 aliphatic carbocycles. The normalized spacial score (nSPS) is 24.6. The van der Waals surface area contributed by atoms with E-state index in [0.29, 0.717) is 38.0 Å². The molecule has 1 aromatic carbocycles. The first-order valence-corrected chi connectivity index (χ1v) is 10.8. The summed E-state index contributed by atoms with van der Waals surface area (Å²) in [6.45, 7) is 3.39. The zero-order valence-corrected chi connectivity index (χ0v) is 16.4. The average Bonchev–Trinajstić information content (AvgIpc) is 2.68. The minimum absolute atomic E-state index is 0.162. The number of hydrogen-bond acceptors (Lipinski definition) is 4. The van der Waals surface area contributed by atoms with E-state index >= 15 is 0 Å². The smallest absolute Gasteiger partial charge is 0.311 e. The van der Waals surface area contributed by atoms with Gasteiger partial charge in [0.05, 0.1) is 10.3 Å². The predicted molar refractivity (Wildman–Crippen MR) is 99.9 cm³/mol. The van der Waals surface area contributed by atoms with Crippen molar-refractivity contribution in [3.8, 4) is 0 Å². The Bertz CT molecular complexity index is 815. The molecule has 2 saturated heterocycles. The number of carboxylic acids is 1. The van der Waals surface area contributed by atoms with Gasteiger partial charge in [-0.3, -0.25) is 9.59 Å². The van der Waals surface area contributed by atoms with Crippen LogP contribution in [0.25, 0.3) is 0 Å². The van der Waals surface area contributed by atoms with Crippen LogP contribution in [0.4, 0.5) is 0 Å². The molecule has 1 N–H and O–H groups in total. The molecule has 27 heavy (non-hydrogen) atoms. The molecular weight excluding hydrogens is 368 g/mol. The second-order valence-corrected chi connectivity index (χ2v) is 9.62. The quantitative estimate of drug-likeness (QED) is 0.845. The molecule has 2 fully saturated rings. The molecule has 0 spiro atoms. The van der Waals surface area contributed by atoms with E-state index in [0.717, 1.165) is 19.3 Å². The molecule has 148 valence electrons. The molecular formula is C19H26N2O5S. The summed E-state index contributed by atoms with van der Waals surface area (Å²) in [5.74, 6) is -1.16. The van der Waals surface area contributed by atoms with E-state index in [1.807, 2.05) is 0 Å². The van der Waals surface area contributed by atoms with Crippen molar-refractivity contribution in [3.05, 3.63) is 29.8 Å². The van der Waals surface area contributed by atoms with Crippen LogP contribution in [0.1, 0.15) is 49.4 Å². The Balaban J connectivity index is 1.75. The van der Waals surface area contributed by atoms with Crippen LogP contribution in [-0.4, -0.2) is 60.8 Å². The van der Waals surface area contributed by atoms with Crippen LogP contribution in [-0.2, 0) is 14.8 Å². The Morgan fingerprint density at radius 3 is 2.22 bits per heavy atom. The van der Waals surface area contributed by atoms with E-state index in [1.165, 1.54) is 28.6 Å². The number of hydrogen-bond donors (Lipinski definition) is 1. The van der Waals surface area contributed by atoms with Crippen LogP contribution in [0.3, 0.4) is 0 Å². The minimum Gasteiger partial charge on any atom is -0.481 e. The lowest BCUT2D eigenvalue weighted by molar-refractivity contribution is -0.150. The van der Waals surface area contributed by atoms with Crippen molar-refractivity contribution in [2.45, 2.75) is 43.9 Å². The van der Waals surface area contributed by atoms with Gasteiger partial charge in [-0.25, -0.2) is 8.42 Å². The molecule has 0 saturated carbocycles. The van der Waals surface area contributed by atoms with Gasteiger partial charge >= 0.3 is 5.97 Å². The van der Waals surface area contributed by atoms with Gasteiger partial charge in [-0.05, 0) is 56.9 Å². The van der Waals surface area contributed by atoms with Crippen LogP contribution >= 0.6 is 0 Å². The number of carbonyl (C=O) groups is 2. The first-order chi connectivity index (χ1) is 12.7. The van der Waals surface area contributed by atoms with Crippen molar-refractivity contribution in [1.82, 2.24) is 9.21 Å². The fourth-order valence-electron chi connectivity index (χ4n) is 3.79. The lowest BCUT2D eigenvalue weighted by atomic mass is 9.82. The molecule has 8 heteroatoms. The Kier molecular flexibility index (Phi) is 5.58. The second kappa shape index (κ2) is 7.59. The van der Waals surface area contributed by atoms with Gasteiger partial charge in [-0.1, -0.05) is 6.42 Å². The zero-order chi connectivity index (χ0) is 19.7. The molecule has 0 radical (unpaired) electrons. The van der Waals surface area contributed by atoms with Crippen LogP contribution in [0.15, 0.2) is 29.2 Å². The van der Waals surface area contributed by atoms with Gasteiger partial charge in [0.2, 0.25) is 10.0 Å². The molecule has 2 heterocycles. The van der Waals surface area contributed by atoms with Crippen LogP contribution < -0.4 is 0 Å². The maximum Gasteiger partial charge on any atom is 0.311 e. The highest BCUT2D eigenvalue weighted by molar-refractivity contribution is 7.89. The minimum atomic E-state index is -3.53. The number of aliphatic carboxylic acids is 1. The van der Waals surface area contributed by atoms with Crippen molar-refractivity contribution < 1.29 is 23.1 Å². The van der Waals surface area contributed by atoms with Crippen LogP contribution in [0.2, 0.25) is 0 Å². The highest BCUT2D eigenvalue weighted by Gasteiger charge is 2.39. The number of nitrogens with zero attached hydrogens (tertiary/aromatic N) is 2. The number of piperidine rings is 2. The van der Waals surface area contributed by atoms with Gasteiger partial charge in [-0.15, -0.1) is 0 Å². The third-order valence-corrected chi connectivity index (χ3v) is 7.47. The van der Waals surface area contributed by atoms with Crippen molar-refractivity contribution >= 4 is 21.9 Å². The molecule has 2 aliphatic heterocycles. The first-order valence-electron chi connectivity index (χ1n) is 9.37. The molecule has 0 aromatic heterocycles. The van der Waals surface area contributed by atoms with E-state index < -0.39 is 21.4 Å². The molecule has 1 atom stereocenters. The van der Waals surface area contributed by atoms with Gasteiger partial charge in [0, 0.05) is 31.7 Å². The van der Waals surface area contributed by atoms with E-state index in [1.54, 1.807) is 11.8 Å². The highest BCUT2D eigenvalue weighted by Crippen LogP contribution is 2.30. The Morgan fingerprint density at radius 2 is 1.63 bits per heavy atom. The topological polar surface area (TPSA) is 95.0 Å². The van der Waals surface area contributed by atoms with E-state index in [9.17, 15) is 23.1 Å². The molecule has 1 unspecified atom stereocenters. The van der Waals surface area contributed by atoms with Crippen LogP contribution in [0.5, 0.6) is 0 Å². The second-order valence-electron chi connectivity index (χ2n) is 7.69. The van der Waals surface area contributed by atoms with Gasteiger partial charge in [0.15, 0.2) is 0 Å². The maximum absolute atomic E-state index is 12.7. The third kappa shape index (κ3) is 4.01. The van der Waals surface area contributed by atoms with Gasteiger partial charge in [0.25, 0.3) is 5.91 Å². The summed E-state index contributed by atoms with van der Waals surface area (Å²) >= 11 is 0. The molecule has 2 aliphatic rings. The highest BCUT2D eigenvalue weighted by atomic mass is 32.2. The standard InChI is InChI=1S/C19H26N2O5S/c1-19(18(23)24)10-5-11-20(14-19)17(22)15-6-8-16(9-7-15)27(25,26)21-12-3-2-4-13-21/h6-9H,2-5,10-14H2,1H3,(H,23,24). The van der Waals surface area contributed by atoms with Gasteiger partial charge < -0.3 is 10.0 Å². The number of rotatable bonds is 4. The summed E-state index contributed by atoms with van der Waals surface area (Å²) in [5, 5.41) is 9.41. The predicted octanol–water partition coefficient (Wildman–Crippen LogP) is 2.19. The summed E-state index contributed by atoms with van der Waals surface area (Å²) in [5.41, 5.74) is -0.562. The number of sulfonamides is 1. The largest absolute Gasteiger partial charge is 0.481 e. The fourth-order valence-corrected chi connectivity index (χ4v) is 5.31. The zero-order valence-electron chi connectivity index (χ0n) is 15.6. The van der Waals surface area contributed by atoms with Crippen LogP contribution in [0, 0.1) is 5.41 Å². The maximum atomic E-state index is 12.7. The molecule has 1 aromatic rings. The summed E-state index contributed by atoms with van der Waals surface area (Å²) in [6, 6.07) is 5.98. The average molecular weight is 394 g/mol. The number of likely N-dealkylation sites (tertiary alicyclic amines) is 1. The Hall–Kier alpha value is -1.93. The number of carboxylic acid groups (broad SMARTS) is 1. The van der Waals surface area contributed by atoms with Crippen molar-refractivity contribution in [1.29, 1.82) is 0 Å². The summed E-state index contributed by atoms with van der Waals surface area (Å²) in [4.78, 5) is 26.0. The van der Waals surface area contributed by atoms with Crippen molar-refractivity contribution in [2.75, 3.05) is 26.2 Å². The first kappa shape index (κ1) is 19.8.